The normalized spacial score (nSPS) is 7.47. The zero-order valence-corrected chi connectivity index (χ0v) is 12.5. The highest BCUT2D eigenvalue weighted by molar-refractivity contribution is 5.62. The molecule has 0 saturated carbocycles. The predicted molar refractivity (Wildman–Crippen MR) is 73.4 cm³/mol. The van der Waals surface area contributed by atoms with E-state index in [1.807, 2.05) is 13.8 Å². The Kier molecular flexibility index (Phi) is 53.8. The second-order valence-corrected chi connectivity index (χ2v) is 3.01. The molecule has 4 heteroatoms. The molecule has 0 aliphatic carbocycles. The molecular weight excluding hydrogens is 220 g/mol. The summed E-state index contributed by atoms with van der Waals surface area (Å²) in [5, 5.41) is 14.4. The molecule has 0 saturated heterocycles. The fourth-order valence-electron chi connectivity index (χ4n) is 0.704. The lowest BCUT2D eigenvalue weighted by Gasteiger charge is -1.86. The molecule has 0 fully saturated rings. The summed E-state index contributed by atoms with van der Waals surface area (Å²) in [5.41, 5.74) is 0. The number of rotatable bonds is 5. The van der Waals surface area contributed by atoms with Gasteiger partial charge in [0.1, 0.15) is 0 Å². The third-order valence-electron chi connectivity index (χ3n) is 1.37. The molecule has 0 aromatic carbocycles. The summed E-state index contributed by atoms with van der Waals surface area (Å²) in [6.07, 6.45) is 5.54. The Morgan fingerprint density at radius 1 is 0.941 bits per heavy atom. The van der Waals surface area contributed by atoms with Crippen molar-refractivity contribution >= 4 is 5.97 Å². The van der Waals surface area contributed by atoms with Crippen LogP contribution in [0.4, 0.5) is 0 Å². The van der Waals surface area contributed by atoms with Gasteiger partial charge in [-0.3, -0.25) is 4.79 Å². The average molecular weight is 252 g/mol. The molecule has 0 aliphatic heterocycles. The topological polar surface area (TPSA) is 66.8 Å². The van der Waals surface area contributed by atoms with E-state index >= 15 is 0 Å². The van der Waals surface area contributed by atoms with Crippen LogP contribution < -0.4 is 0 Å². The third-order valence-corrected chi connectivity index (χ3v) is 1.37. The van der Waals surface area contributed by atoms with E-state index in [0.717, 1.165) is 27.2 Å². The van der Waals surface area contributed by atoms with Gasteiger partial charge in [-0.1, -0.05) is 39.5 Å². The van der Waals surface area contributed by atoms with Crippen molar-refractivity contribution in [2.75, 3.05) is 20.3 Å². The monoisotopic (exact) mass is 252 g/mol. The summed E-state index contributed by atoms with van der Waals surface area (Å²) in [6.45, 7) is 11.2. The molecule has 0 aromatic rings. The summed E-state index contributed by atoms with van der Waals surface area (Å²) >= 11 is 0. The van der Waals surface area contributed by atoms with E-state index in [0.29, 0.717) is 0 Å². The number of hydrogen-bond acceptors (Lipinski definition) is 3. The maximum Gasteiger partial charge on any atom is 0.300 e. The number of carboxylic acid groups (broad SMARTS) is 1. The zero-order valence-electron chi connectivity index (χ0n) is 12.5. The molecule has 17 heavy (non-hydrogen) atoms. The van der Waals surface area contributed by atoms with E-state index in [1.165, 1.54) is 25.7 Å². The van der Waals surface area contributed by atoms with E-state index < -0.39 is 5.97 Å². The minimum absolute atomic E-state index is 0.833. The fourth-order valence-corrected chi connectivity index (χ4v) is 0.704. The largest absolute Gasteiger partial charge is 0.481 e. The summed E-state index contributed by atoms with van der Waals surface area (Å²) in [7, 11) is 1.00. The van der Waals surface area contributed by atoms with Gasteiger partial charge in [-0.2, -0.15) is 0 Å². The fraction of sp³-hybridized carbons (Fsp3) is 0.923. The minimum atomic E-state index is -0.833. The Bertz CT molecular complexity index is 95.6. The molecule has 0 atom stereocenters. The van der Waals surface area contributed by atoms with Crippen LogP contribution in [0.2, 0.25) is 0 Å². The van der Waals surface area contributed by atoms with Crippen molar-refractivity contribution in [2.24, 2.45) is 0 Å². The average Bonchev–Trinajstić information content (AvgIpc) is 2.30. The van der Waals surface area contributed by atoms with Crippen LogP contribution in [0.3, 0.4) is 0 Å². The van der Waals surface area contributed by atoms with Gasteiger partial charge < -0.3 is 14.9 Å². The lowest BCUT2D eigenvalue weighted by molar-refractivity contribution is -0.134. The standard InChI is InChI=1S/C6H14.C4H10O.C2H4O2.CH4O/c1-3-5-6-4-2;1-3-5-4-2;1-2(3)4;1-2/h3-6H2,1-2H3;3-4H2,1-2H3;1H3,(H,3,4);2H,1H3. The van der Waals surface area contributed by atoms with Crippen molar-refractivity contribution in [3.8, 4) is 0 Å². The van der Waals surface area contributed by atoms with Gasteiger partial charge in [0.25, 0.3) is 5.97 Å². The molecule has 108 valence electrons. The van der Waals surface area contributed by atoms with Crippen LogP contribution in [0.25, 0.3) is 0 Å². The highest BCUT2D eigenvalue weighted by Crippen LogP contribution is 1.95. The molecule has 0 unspecified atom stereocenters. The van der Waals surface area contributed by atoms with Crippen molar-refractivity contribution in [3.63, 3.8) is 0 Å². The molecule has 0 spiro atoms. The van der Waals surface area contributed by atoms with Crippen LogP contribution in [-0.4, -0.2) is 36.5 Å². The Labute approximate surface area is 107 Å². The SMILES string of the molecule is CC(=O)O.CCCCCC.CCOCC.CO. The van der Waals surface area contributed by atoms with Gasteiger partial charge in [-0.05, 0) is 13.8 Å². The first-order valence-corrected chi connectivity index (χ1v) is 6.28. The molecule has 0 heterocycles. The number of carboxylic acids is 1. The number of hydrogen-bond donors (Lipinski definition) is 2. The van der Waals surface area contributed by atoms with Gasteiger partial charge in [0.15, 0.2) is 0 Å². The summed E-state index contributed by atoms with van der Waals surface area (Å²) < 4.78 is 4.83. The van der Waals surface area contributed by atoms with Gasteiger partial charge in [-0.25, -0.2) is 0 Å². The Balaban J connectivity index is -0.0000000705. The van der Waals surface area contributed by atoms with Gasteiger partial charge in [0.05, 0.1) is 0 Å². The van der Waals surface area contributed by atoms with Gasteiger partial charge in [0, 0.05) is 27.2 Å². The van der Waals surface area contributed by atoms with Crippen LogP contribution in [0, 0.1) is 0 Å². The molecular formula is C13H32O4. The van der Waals surface area contributed by atoms with Crippen molar-refractivity contribution < 1.29 is 19.7 Å². The van der Waals surface area contributed by atoms with E-state index in [9.17, 15) is 0 Å². The highest BCUT2D eigenvalue weighted by atomic mass is 16.5. The first-order valence-electron chi connectivity index (χ1n) is 6.28. The Morgan fingerprint density at radius 3 is 1.24 bits per heavy atom. The van der Waals surface area contributed by atoms with Crippen LogP contribution in [0.15, 0.2) is 0 Å². The molecule has 0 rings (SSSR count). The molecule has 2 N–H and O–H groups in total. The van der Waals surface area contributed by atoms with Gasteiger partial charge >= 0.3 is 0 Å². The first kappa shape index (κ1) is 25.3. The molecule has 0 amide bonds. The van der Waals surface area contributed by atoms with Gasteiger partial charge in [-0.15, -0.1) is 0 Å². The van der Waals surface area contributed by atoms with Crippen LogP contribution >= 0.6 is 0 Å². The van der Waals surface area contributed by atoms with Crippen LogP contribution in [0.5, 0.6) is 0 Å². The minimum Gasteiger partial charge on any atom is -0.481 e. The maximum absolute atomic E-state index is 9.00. The molecule has 0 aromatic heterocycles. The second-order valence-electron chi connectivity index (χ2n) is 3.01. The van der Waals surface area contributed by atoms with Gasteiger partial charge in [0.2, 0.25) is 0 Å². The molecule has 0 radical (unpaired) electrons. The zero-order chi connectivity index (χ0) is 14.5. The summed E-state index contributed by atoms with van der Waals surface area (Å²) in [5.74, 6) is -0.833. The number of carbonyl (C=O) groups is 1. The lowest BCUT2D eigenvalue weighted by Crippen LogP contribution is -1.84. The van der Waals surface area contributed by atoms with Crippen molar-refractivity contribution in [2.45, 2.75) is 60.3 Å². The van der Waals surface area contributed by atoms with Crippen molar-refractivity contribution in [1.82, 2.24) is 0 Å². The van der Waals surface area contributed by atoms with Crippen LogP contribution in [-0.2, 0) is 9.53 Å². The predicted octanol–water partition coefficient (Wildman–Crippen LogP) is 3.33. The maximum atomic E-state index is 9.00. The smallest absolute Gasteiger partial charge is 0.300 e. The number of aliphatic hydroxyl groups excluding tert-OH is 1. The lowest BCUT2D eigenvalue weighted by atomic mass is 10.2. The van der Waals surface area contributed by atoms with Crippen molar-refractivity contribution in [3.05, 3.63) is 0 Å². The van der Waals surface area contributed by atoms with E-state index in [4.69, 9.17) is 19.7 Å². The number of aliphatic hydroxyl groups is 1. The molecule has 4 nitrogen and oxygen atoms in total. The third kappa shape index (κ3) is 143. The van der Waals surface area contributed by atoms with Crippen LogP contribution in [0.1, 0.15) is 60.3 Å². The summed E-state index contributed by atoms with van der Waals surface area (Å²) in [4.78, 5) is 9.00. The second kappa shape index (κ2) is 36.1. The Hall–Kier alpha value is -0.610. The quantitative estimate of drug-likeness (QED) is 0.736. The number of unbranched alkanes of at least 4 members (excludes halogenated alkanes) is 3. The first-order chi connectivity index (χ1) is 8.06. The molecule has 0 bridgehead atoms. The van der Waals surface area contributed by atoms with Crippen molar-refractivity contribution in [1.29, 1.82) is 0 Å². The Morgan fingerprint density at radius 2 is 1.18 bits per heavy atom. The van der Waals surface area contributed by atoms with E-state index in [2.05, 4.69) is 13.8 Å². The summed E-state index contributed by atoms with van der Waals surface area (Å²) in [6, 6.07) is 0. The van der Waals surface area contributed by atoms with E-state index in [-0.39, 0.29) is 0 Å². The number of aliphatic carboxylic acids is 1. The number of ether oxygens (including phenoxy) is 1. The highest BCUT2D eigenvalue weighted by Gasteiger charge is 1.75. The van der Waals surface area contributed by atoms with E-state index in [1.54, 1.807) is 0 Å². The molecule has 0 aliphatic rings.